The minimum absolute atomic E-state index is 0.106. The minimum Gasteiger partial charge on any atom is -0.338 e. The zero-order valence-corrected chi connectivity index (χ0v) is 12.1. The monoisotopic (exact) mass is 292 g/mol. The van der Waals surface area contributed by atoms with Gasteiger partial charge in [-0.15, -0.1) is 0 Å². The van der Waals surface area contributed by atoms with E-state index in [1.54, 1.807) is 0 Å². The molecular weight excluding hydrogens is 276 g/mol. The first kappa shape index (κ1) is 13.5. The van der Waals surface area contributed by atoms with Crippen LogP contribution in [0.2, 0.25) is 5.02 Å². The first-order valence-corrected chi connectivity index (χ1v) is 7.07. The van der Waals surface area contributed by atoms with Crippen LogP contribution in [0, 0.1) is 0 Å². The van der Waals surface area contributed by atoms with Gasteiger partial charge >= 0.3 is 0 Å². The van der Waals surface area contributed by atoms with Crippen molar-refractivity contribution in [2.45, 2.75) is 25.4 Å². The van der Waals surface area contributed by atoms with Crippen molar-refractivity contribution >= 4 is 11.6 Å². The summed E-state index contributed by atoms with van der Waals surface area (Å²) in [5.74, 6) is 1.19. The van der Waals surface area contributed by atoms with E-state index < -0.39 is 0 Å². The molecule has 20 heavy (non-hydrogen) atoms. The van der Waals surface area contributed by atoms with E-state index >= 15 is 0 Å². The largest absolute Gasteiger partial charge is 0.338 e. The summed E-state index contributed by atoms with van der Waals surface area (Å²) in [6.07, 6.45) is 1.10. The van der Waals surface area contributed by atoms with Gasteiger partial charge in [-0.25, -0.2) is 0 Å². The molecule has 2 aromatic rings. The van der Waals surface area contributed by atoms with Crippen molar-refractivity contribution in [2.75, 3.05) is 13.1 Å². The molecule has 1 aliphatic heterocycles. The lowest BCUT2D eigenvalue weighted by atomic mass is 10.0. The van der Waals surface area contributed by atoms with Gasteiger partial charge in [-0.3, -0.25) is 0 Å². The van der Waals surface area contributed by atoms with Crippen molar-refractivity contribution in [3.8, 4) is 11.4 Å². The number of halogens is 1. The Labute approximate surface area is 122 Å². The van der Waals surface area contributed by atoms with E-state index in [0.29, 0.717) is 23.3 Å². The van der Waals surface area contributed by atoms with E-state index in [1.165, 1.54) is 0 Å². The summed E-state index contributed by atoms with van der Waals surface area (Å²) in [5, 5.41) is 11.5. The molecule has 0 bridgehead atoms. The van der Waals surface area contributed by atoms with Gasteiger partial charge in [0.05, 0.1) is 6.54 Å². The molecule has 1 saturated heterocycles. The molecule has 0 aliphatic carbocycles. The zero-order valence-electron chi connectivity index (χ0n) is 11.3. The average molecular weight is 293 g/mol. The third-order valence-corrected chi connectivity index (χ3v) is 3.86. The van der Waals surface area contributed by atoms with Crippen LogP contribution in [0.4, 0.5) is 0 Å². The number of rotatable bonds is 4. The predicted octanol–water partition coefficient (Wildman–Crippen LogP) is 2.23. The van der Waals surface area contributed by atoms with Gasteiger partial charge in [0.1, 0.15) is 0 Å². The molecule has 1 atom stereocenters. The fourth-order valence-corrected chi connectivity index (χ4v) is 2.43. The highest BCUT2D eigenvalue weighted by atomic mass is 35.5. The molecule has 2 heterocycles. The molecule has 0 radical (unpaired) electrons. The number of hydrogen-bond acceptors (Lipinski definition) is 5. The summed E-state index contributed by atoms with van der Waals surface area (Å²) in [4.78, 5) is 4.40. The van der Waals surface area contributed by atoms with E-state index in [4.69, 9.17) is 16.1 Å². The van der Waals surface area contributed by atoms with Crippen molar-refractivity contribution in [1.29, 1.82) is 0 Å². The molecule has 106 valence electrons. The quantitative estimate of drug-likeness (QED) is 0.905. The molecule has 1 fully saturated rings. The Bertz CT molecular complexity index is 575. The van der Waals surface area contributed by atoms with Crippen molar-refractivity contribution in [3.63, 3.8) is 0 Å². The first-order chi connectivity index (χ1) is 9.65. The molecule has 0 saturated carbocycles. The van der Waals surface area contributed by atoms with Crippen molar-refractivity contribution in [3.05, 3.63) is 35.2 Å². The molecule has 1 unspecified atom stereocenters. The second kappa shape index (κ2) is 5.52. The maximum absolute atomic E-state index is 5.86. The van der Waals surface area contributed by atoms with Crippen LogP contribution >= 0.6 is 11.6 Å². The summed E-state index contributed by atoms with van der Waals surface area (Å²) >= 11 is 5.86. The van der Waals surface area contributed by atoms with E-state index in [2.05, 4.69) is 27.7 Å². The van der Waals surface area contributed by atoms with Gasteiger partial charge in [0.15, 0.2) is 0 Å². The molecule has 6 heteroatoms. The Kier molecular flexibility index (Phi) is 3.74. The smallest absolute Gasteiger partial charge is 0.240 e. The Balaban J connectivity index is 1.66. The fourth-order valence-electron chi connectivity index (χ4n) is 2.30. The number of aromatic nitrogens is 2. The highest BCUT2D eigenvalue weighted by Crippen LogP contribution is 2.19. The maximum atomic E-state index is 5.86. The van der Waals surface area contributed by atoms with Crippen LogP contribution in [-0.4, -0.2) is 28.8 Å². The third kappa shape index (κ3) is 3.00. The van der Waals surface area contributed by atoms with Crippen LogP contribution in [0.1, 0.15) is 19.2 Å². The molecule has 0 amide bonds. The maximum Gasteiger partial charge on any atom is 0.240 e. The van der Waals surface area contributed by atoms with E-state index in [-0.39, 0.29) is 5.54 Å². The van der Waals surface area contributed by atoms with Gasteiger partial charge in [0.2, 0.25) is 11.7 Å². The lowest BCUT2D eigenvalue weighted by Crippen LogP contribution is -2.43. The van der Waals surface area contributed by atoms with Crippen molar-refractivity contribution in [2.24, 2.45) is 0 Å². The summed E-state index contributed by atoms with van der Waals surface area (Å²) in [5.41, 5.74) is 1.01. The zero-order chi connectivity index (χ0) is 14.0. The number of nitrogens with one attached hydrogen (secondary N) is 2. The van der Waals surface area contributed by atoms with Crippen LogP contribution in [-0.2, 0) is 6.54 Å². The normalized spacial score (nSPS) is 22.3. The number of nitrogens with zero attached hydrogens (tertiary/aromatic N) is 2. The molecular formula is C14H17ClN4O. The van der Waals surface area contributed by atoms with Gasteiger partial charge in [0.25, 0.3) is 0 Å². The highest BCUT2D eigenvalue weighted by molar-refractivity contribution is 6.30. The Morgan fingerprint density at radius 3 is 2.90 bits per heavy atom. The first-order valence-electron chi connectivity index (χ1n) is 6.69. The minimum atomic E-state index is 0.106. The second-order valence-corrected chi connectivity index (χ2v) is 5.80. The lowest BCUT2D eigenvalue weighted by Gasteiger charge is -2.23. The molecule has 1 aliphatic rings. The van der Waals surface area contributed by atoms with Crippen molar-refractivity contribution < 1.29 is 4.52 Å². The standard InChI is InChI=1S/C14H17ClN4O/c1-14(6-7-16-9-14)17-8-12-18-13(19-20-12)10-2-4-11(15)5-3-10/h2-5,16-17H,6-9H2,1H3. The summed E-state index contributed by atoms with van der Waals surface area (Å²) in [6, 6.07) is 7.39. The molecule has 2 N–H and O–H groups in total. The lowest BCUT2D eigenvalue weighted by molar-refractivity contribution is 0.323. The second-order valence-electron chi connectivity index (χ2n) is 5.36. The van der Waals surface area contributed by atoms with Gasteiger partial charge in [-0.05, 0) is 44.2 Å². The highest BCUT2D eigenvalue weighted by Gasteiger charge is 2.28. The fraction of sp³-hybridized carbons (Fsp3) is 0.429. The topological polar surface area (TPSA) is 63.0 Å². The van der Waals surface area contributed by atoms with Gasteiger partial charge in [-0.1, -0.05) is 16.8 Å². The van der Waals surface area contributed by atoms with Crippen LogP contribution < -0.4 is 10.6 Å². The van der Waals surface area contributed by atoms with E-state index in [1.807, 2.05) is 24.3 Å². The molecule has 1 aromatic heterocycles. The SMILES string of the molecule is CC1(NCc2nc(-c3ccc(Cl)cc3)no2)CCNC1. The van der Waals surface area contributed by atoms with Gasteiger partial charge < -0.3 is 15.2 Å². The van der Waals surface area contributed by atoms with Crippen LogP contribution in [0.15, 0.2) is 28.8 Å². The summed E-state index contributed by atoms with van der Waals surface area (Å²) < 4.78 is 5.28. The van der Waals surface area contributed by atoms with Crippen molar-refractivity contribution in [1.82, 2.24) is 20.8 Å². The Morgan fingerprint density at radius 2 is 2.20 bits per heavy atom. The van der Waals surface area contributed by atoms with Crippen LogP contribution in [0.3, 0.4) is 0 Å². The van der Waals surface area contributed by atoms with Gasteiger partial charge in [-0.2, -0.15) is 4.98 Å². The molecule has 3 rings (SSSR count). The number of hydrogen-bond donors (Lipinski definition) is 2. The summed E-state index contributed by atoms with van der Waals surface area (Å²) in [7, 11) is 0. The van der Waals surface area contributed by atoms with Crippen LogP contribution in [0.5, 0.6) is 0 Å². The van der Waals surface area contributed by atoms with E-state index in [9.17, 15) is 0 Å². The van der Waals surface area contributed by atoms with Gasteiger partial charge in [0, 0.05) is 22.7 Å². The number of benzene rings is 1. The average Bonchev–Trinajstić information content (AvgIpc) is 3.07. The van der Waals surface area contributed by atoms with Crippen LogP contribution in [0.25, 0.3) is 11.4 Å². The molecule has 0 spiro atoms. The van der Waals surface area contributed by atoms with E-state index in [0.717, 1.165) is 25.1 Å². The molecule has 1 aromatic carbocycles. The Morgan fingerprint density at radius 1 is 1.40 bits per heavy atom. The predicted molar refractivity (Wildman–Crippen MR) is 77.5 cm³/mol. The third-order valence-electron chi connectivity index (χ3n) is 3.61. The Hall–Kier alpha value is -1.43. The summed E-state index contributed by atoms with van der Waals surface area (Å²) in [6.45, 7) is 4.79. The molecule has 5 nitrogen and oxygen atoms in total.